The highest BCUT2D eigenvalue weighted by Gasteiger charge is 2.23. The molecule has 0 aliphatic carbocycles. The minimum atomic E-state index is -0.627. The molecule has 4 heteroatoms. The van der Waals surface area contributed by atoms with E-state index in [2.05, 4.69) is 6.58 Å². The van der Waals surface area contributed by atoms with Gasteiger partial charge in [0.15, 0.2) is 5.82 Å². The lowest BCUT2D eigenvalue weighted by atomic mass is 10.2. The number of carbonyl (C=O) groups excluding carboxylic acids is 1. The van der Waals surface area contributed by atoms with E-state index in [0.29, 0.717) is 5.56 Å². The second kappa shape index (κ2) is 4.14. The van der Waals surface area contributed by atoms with Crippen molar-refractivity contribution in [2.45, 2.75) is 26.4 Å². The largest absolute Gasteiger partial charge is 0.456 e. The highest BCUT2D eigenvalue weighted by molar-refractivity contribution is 7.12. The molecule has 1 rings (SSSR count). The molecule has 0 radical (unpaired) electrons. The Bertz CT molecular complexity index is 388. The van der Waals surface area contributed by atoms with Gasteiger partial charge in [-0.05, 0) is 20.8 Å². The lowest BCUT2D eigenvalue weighted by Crippen LogP contribution is -2.23. The number of rotatable bonds is 2. The Morgan fingerprint density at radius 1 is 1.60 bits per heavy atom. The Labute approximate surface area is 92.4 Å². The monoisotopic (exact) mass is 228 g/mol. The summed E-state index contributed by atoms with van der Waals surface area (Å²) in [4.78, 5) is 11.5. The van der Waals surface area contributed by atoms with E-state index in [-0.39, 0.29) is 4.88 Å². The Balaban J connectivity index is 2.92. The summed E-state index contributed by atoms with van der Waals surface area (Å²) in [5.74, 6) is -1.18. The van der Waals surface area contributed by atoms with Gasteiger partial charge in [0.2, 0.25) is 0 Å². The van der Waals surface area contributed by atoms with Gasteiger partial charge in [-0.15, -0.1) is 11.3 Å². The molecule has 0 bridgehead atoms. The Hall–Kier alpha value is -1.16. The highest BCUT2D eigenvalue weighted by Crippen LogP contribution is 2.24. The molecule has 15 heavy (non-hydrogen) atoms. The van der Waals surface area contributed by atoms with Crippen molar-refractivity contribution >= 4 is 23.4 Å². The summed E-state index contributed by atoms with van der Waals surface area (Å²) in [7, 11) is 0. The van der Waals surface area contributed by atoms with Crippen LogP contribution in [0.3, 0.4) is 0 Å². The second-order valence-corrected chi connectivity index (χ2v) is 4.92. The number of hydrogen-bond donors (Lipinski definition) is 0. The van der Waals surface area contributed by atoms with Crippen LogP contribution in [0.15, 0.2) is 12.0 Å². The predicted molar refractivity (Wildman–Crippen MR) is 59.5 cm³/mol. The third kappa shape index (κ3) is 2.89. The van der Waals surface area contributed by atoms with E-state index in [1.54, 1.807) is 26.2 Å². The zero-order valence-electron chi connectivity index (χ0n) is 8.96. The maximum atomic E-state index is 13.5. The van der Waals surface area contributed by atoms with E-state index in [9.17, 15) is 9.18 Å². The van der Waals surface area contributed by atoms with Crippen LogP contribution in [0.25, 0.3) is 6.08 Å². The van der Waals surface area contributed by atoms with Crippen molar-refractivity contribution in [2.75, 3.05) is 0 Å². The molecule has 0 saturated heterocycles. The minimum Gasteiger partial charge on any atom is -0.456 e. The molecule has 0 unspecified atom stereocenters. The SMILES string of the molecule is C=Cc1csc(C(=O)OC(C)(C)C)c1F. The quantitative estimate of drug-likeness (QED) is 0.724. The molecule has 0 aliphatic rings. The summed E-state index contributed by atoms with van der Waals surface area (Å²) in [6, 6.07) is 0. The molecule has 2 nitrogen and oxygen atoms in total. The molecule has 1 heterocycles. The van der Waals surface area contributed by atoms with Gasteiger partial charge in [0.1, 0.15) is 10.5 Å². The summed E-state index contributed by atoms with van der Waals surface area (Å²) in [6.45, 7) is 8.68. The standard InChI is InChI=1S/C11H13FO2S/c1-5-7-6-15-9(8(7)12)10(13)14-11(2,3)4/h5-6H,1H2,2-4H3. The lowest BCUT2D eigenvalue weighted by Gasteiger charge is -2.18. The number of carbonyl (C=O) groups is 1. The molecular weight excluding hydrogens is 215 g/mol. The molecular formula is C11H13FO2S. The maximum Gasteiger partial charge on any atom is 0.351 e. The highest BCUT2D eigenvalue weighted by atomic mass is 32.1. The van der Waals surface area contributed by atoms with Crippen molar-refractivity contribution in [1.82, 2.24) is 0 Å². The van der Waals surface area contributed by atoms with Crippen LogP contribution in [0, 0.1) is 5.82 Å². The van der Waals surface area contributed by atoms with Gasteiger partial charge in [-0.1, -0.05) is 12.7 Å². The van der Waals surface area contributed by atoms with Crippen molar-refractivity contribution in [3.05, 3.63) is 28.2 Å². The molecule has 1 aromatic rings. The van der Waals surface area contributed by atoms with Gasteiger partial charge in [0, 0.05) is 10.9 Å². The molecule has 0 N–H and O–H groups in total. The Kier molecular flexibility index (Phi) is 3.29. The normalized spacial score (nSPS) is 11.2. The van der Waals surface area contributed by atoms with Crippen LogP contribution in [0.5, 0.6) is 0 Å². The first kappa shape index (κ1) is 11.9. The van der Waals surface area contributed by atoms with Crippen LogP contribution in [0.4, 0.5) is 4.39 Å². The van der Waals surface area contributed by atoms with E-state index < -0.39 is 17.4 Å². The van der Waals surface area contributed by atoms with Gasteiger partial charge < -0.3 is 4.74 Å². The maximum absolute atomic E-state index is 13.5. The van der Waals surface area contributed by atoms with E-state index in [1.807, 2.05) is 0 Å². The zero-order chi connectivity index (χ0) is 11.6. The van der Waals surface area contributed by atoms with E-state index in [4.69, 9.17) is 4.74 Å². The van der Waals surface area contributed by atoms with Gasteiger partial charge >= 0.3 is 5.97 Å². The second-order valence-electron chi connectivity index (χ2n) is 4.04. The van der Waals surface area contributed by atoms with Crippen LogP contribution < -0.4 is 0 Å². The molecule has 0 amide bonds. The summed E-state index contributed by atoms with van der Waals surface area (Å²) >= 11 is 1.03. The van der Waals surface area contributed by atoms with Crippen LogP contribution in [0.1, 0.15) is 36.0 Å². The van der Waals surface area contributed by atoms with Crippen molar-refractivity contribution in [2.24, 2.45) is 0 Å². The fourth-order valence-corrected chi connectivity index (χ4v) is 1.76. The van der Waals surface area contributed by atoms with Gasteiger partial charge in [0.25, 0.3) is 0 Å². The van der Waals surface area contributed by atoms with Crippen LogP contribution in [-0.2, 0) is 4.74 Å². The van der Waals surface area contributed by atoms with Gasteiger partial charge in [0.05, 0.1) is 0 Å². The van der Waals surface area contributed by atoms with Crippen molar-refractivity contribution in [3.8, 4) is 0 Å². The molecule has 0 aliphatic heterocycles. The molecule has 0 spiro atoms. The van der Waals surface area contributed by atoms with Crippen LogP contribution in [-0.4, -0.2) is 11.6 Å². The molecule has 82 valence electrons. The van der Waals surface area contributed by atoms with Gasteiger partial charge in [-0.2, -0.15) is 0 Å². The smallest absolute Gasteiger partial charge is 0.351 e. The first-order valence-corrected chi connectivity index (χ1v) is 5.36. The van der Waals surface area contributed by atoms with E-state index in [1.165, 1.54) is 6.08 Å². The summed E-state index contributed by atoms with van der Waals surface area (Å²) in [6.07, 6.45) is 1.37. The fraction of sp³-hybridized carbons (Fsp3) is 0.364. The topological polar surface area (TPSA) is 26.3 Å². The average Bonchev–Trinajstić information content (AvgIpc) is 2.43. The van der Waals surface area contributed by atoms with E-state index >= 15 is 0 Å². The molecule has 0 atom stereocenters. The number of thiophene rings is 1. The molecule has 0 aromatic carbocycles. The summed E-state index contributed by atoms with van der Waals surface area (Å²) in [5, 5.41) is 1.54. The number of halogens is 1. The van der Waals surface area contributed by atoms with Crippen molar-refractivity contribution < 1.29 is 13.9 Å². The van der Waals surface area contributed by atoms with E-state index in [0.717, 1.165) is 11.3 Å². The van der Waals surface area contributed by atoms with Gasteiger partial charge in [-0.3, -0.25) is 0 Å². The lowest BCUT2D eigenvalue weighted by molar-refractivity contribution is 0.00709. The van der Waals surface area contributed by atoms with Crippen molar-refractivity contribution in [3.63, 3.8) is 0 Å². The predicted octanol–water partition coefficient (Wildman–Crippen LogP) is 3.49. The first-order valence-electron chi connectivity index (χ1n) is 4.48. The summed E-state index contributed by atoms with van der Waals surface area (Å²) < 4.78 is 18.6. The molecule has 0 fully saturated rings. The first-order chi connectivity index (χ1) is 6.85. The Morgan fingerprint density at radius 3 is 2.60 bits per heavy atom. The number of hydrogen-bond acceptors (Lipinski definition) is 3. The number of ether oxygens (including phenoxy) is 1. The van der Waals surface area contributed by atoms with Crippen LogP contribution in [0.2, 0.25) is 0 Å². The van der Waals surface area contributed by atoms with Crippen LogP contribution >= 0.6 is 11.3 Å². The van der Waals surface area contributed by atoms with Crippen molar-refractivity contribution in [1.29, 1.82) is 0 Å². The van der Waals surface area contributed by atoms with Gasteiger partial charge in [-0.25, -0.2) is 9.18 Å². The summed E-state index contributed by atoms with van der Waals surface area (Å²) in [5.41, 5.74) is -0.275. The average molecular weight is 228 g/mol. The fourth-order valence-electron chi connectivity index (χ4n) is 0.957. The third-order valence-electron chi connectivity index (χ3n) is 1.56. The number of esters is 1. The Morgan fingerprint density at radius 2 is 2.20 bits per heavy atom. The third-order valence-corrected chi connectivity index (χ3v) is 2.51. The molecule has 1 aromatic heterocycles. The zero-order valence-corrected chi connectivity index (χ0v) is 9.78. The molecule has 0 saturated carbocycles. The minimum absolute atomic E-state index is 0.000162.